The molecule has 1 amide bonds. The van der Waals surface area contributed by atoms with Crippen molar-refractivity contribution >= 4 is 28.9 Å². The second kappa shape index (κ2) is 10.9. The average molecular weight is 520 g/mol. The van der Waals surface area contributed by atoms with E-state index < -0.39 is 11.6 Å². The molecule has 1 saturated carbocycles. The first-order valence-corrected chi connectivity index (χ1v) is 14.1. The first-order chi connectivity index (χ1) is 17.0. The van der Waals surface area contributed by atoms with Crippen molar-refractivity contribution in [2.45, 2.75) is 102 Å². The zero-order valence-electron chi connectivity index (χ0n) is 22.0. The van der Waals surface area contributed by atoms with E-state index in [2.05, 4.69) is 33.8 Å². The van der Waals surface area contributed by atoms with Crippen LogP contribution in [0.5, 0.6) is 0 Å². The van der Waals surface area contributed by atoms with Gasteiger partial charge in [0.2, 0.25) is 5.91 Å². The van der Waals surface area contributed by atoms with Gasteiger partial charge in [-0.05, 0) is 69.8 Å². The molecule has 0 radical (unpaired) electrons. The van der Waals surface area contributed by atoms with Crippen LogP contribution in [0.3, 0.4) is 0 Å². The highest BCUT2D eigenvalue weighted by atomic mass is 32.1. The summed E-state index contributed by atoms with van der Waals surface area (Å²) in [7, 11) is 0. The molecule has 2 aliphatic carbocycles. The Labute approximate surface area is 218 Å². The van der Waals surface area contributed by atoms with E-state index in [1.807, 2.05) is 6.07 Å². The lowest BCUT2D eigenvalue weighted by Gasteiger charge is -2.42. The summed E-state index contributed by atoms with van der Waals surface area (Å²) in [6, 6.07) is 1.76. The standard InChI is InChI=1S/C28H41NO6S/c1-18-5-7-19(8-6-18)25(30)29(22-15-23(27(2,3)4)36-24(22)26(31)32)20-9-12-28(33,13-10-20)17-35-21-11-14-34-16-21/h5,15,19-21,33H,6-14,16-17H2,1-4H3,(H,31,32)/t19-,20-,21+,28+/m0/s1. The van der Waals surface area contributed by atoms with Gasteiger partial charge in [-0.1, -0.05) is 32.4 Å². The van der Waals surface area contributed by atoms with Crippen molar-refractivity contribution < 1.29 is 29.3 Å². The summed E-state index contributed by atoms with van der Waals surface area (Å²) in [5, 5.41) is 21.3. The topological polar surface area (TPSA) is 96.3 Å². The van der Waals surface area contributed by atoms with Crippen LogP contribution < -0.4 is 4.90 Å². The predicted molar refractivity (Wildman–Crippen MR) is 141 cm³/mol. The second-order valence-electron chi connectivity index (χ2n) is 11.9. The summed E-state index contributed by atoms with van der Waals surface area (Å²) in [6.45, 7) is 9.81. The van der Waals surface area contributed by atoms with Gasteiger partial charge in [0.05, 0.1) is 30.6 Å². The van der Waals surface area contributed by atoms with Gasteiger partial charge < -0.3 is 24.6 Å². The zero-order chi connectivity index (χ0) is 26.1. The molecule has 3 aliphatic rings. The molecule has 36 heavy (non-hydrogen) atoms. The van der Waals surface area contributed by atoms with Crippen molar-refractivity contribution in [2.75, 3.05) is 24.7 Å². The number of carbonyl (C=O) groups is 2. The maximum absolute atomic E-state index is 14.0. The molecular weight excluding hydrogens is 478 g/mol. The number of nitrogens with zero attached hydrogens (tertiary/aromatic N) is 1. The summed E-state index contributed by atoms with van der Waals surface area (Å²) in [4.78, 5) is 29.3. The maximum Gasteiger partial charge on any atom is 0.348 e. The number of aliphatic hydroxyl groups is 1. The number of hydrogen-bond donors (Lipinski definition) is 2. The number of carboxylic acid groups (broad SMARTS) is 1. The monoisotopic (exact) mass is 519 g/mol. The number of aromatic carboxylic acids is 1. The van der Waals surface area contributed by atoms with Gasteiger partial charge in [-0.15, -0.1) is 11.3 Å². The molecule has 0 spiro atoms. The van der Waals surface area contributed by atoms with Gasteiger partial charge >= 0.3 is 5.97 Å². The van der Waals surface area contributed by atoms with Crippen molar-refractivity contribution in [3.05, 3.63) is 27.5 Å². The molecule has 1 aliphatic heterocycles. The molecule has 2 atom stereocenters. The van der Waals surface area contributed by atoms with Gasteiger partial charge in [0.1, 0.15) is 4.88 Å². The fourth-order valence-corrected chi connectivity index (χ4v) is 6.47. The zero-order valence-corrected chi connectivity index (χ0v) is 22.9. The fourth-order valence-electron chi connectivity index (χ4n) is 5.42. The number of rotatable bonds is 7. The molecule has 4 rings (SSSR count). The van der Waals surface area contributed by atoms with Crippen LogP contribution in [0.2, 0.25) is 0 Å². The third-order valence-corrected chi connectivity index (χ3v) is 9.39. The molecule has 1 aromatic rings. The lowest BCUT2D eigenvalue weighted by molar-refractivity contribution is -0.124. The van der Waals surface area contributed by atoms with Crippen LogP contribution in [0.25, 0.3) is 0 Å². The first kappa shape index (κ1) is 27.3. The van der Waals surface area contributed by atoms with E-state index >= 15 is 0 Å². The summed E-state index contributed by atoms with van der Waals surface area (Å²) < 4.78 is 11.3. The fraction of sp³-hybridized carbons (Fsp3) is 0.714. The minimum atomic E-state index is -0.998. The van der Waals surface area contributed by atoms with Crippen molar-refractivity contribution in [3.8, 4) is 0 Å². The Morgan fingerprint density at radius 1 is 1.22 bits per heavy atom. The van der Waals surface area contributed by atoms with Crippen LogP contribution in [0, 0.1) is 5.92 Å². The van der Waals surface area contributed by atoms with E-state index in [-0.39, 0.29) is 40.9 Å². The molecule has 2 fully saturated rings. The van der Waals surface area contributed by atoms with E-state index in [0.29, 0.717) is 51.0 Å². The molecule has 7 nitrogen and oxygen atoms in total. The molecule has 200 valence electrons. The Balaban J connectivity index is 1.58. The molecule has 8 heteroatoms. The molecule has 2 heterocycles. The molecule has 0 aromatic carbocycles. The lowest BCUT2D eigenvalue weighted by Crippen LogP contribution is -2.50. The Bertz CT molecular complexity index is 979. The van der Waals surface area contributed by atoms with E-state index in [9.17, 15) is 19.8 Å². The minimum Gasteiger partial charge on any atom is -0.477 e. The third-order valence-electron chi connectivity index (χ3n) is 7.86. The molecule has 1 aromatic heterocycles. The number of thiophene rings is 1. The van der Waals surface area contributed by atoms with Gasteiger partial charge in [-0.25, -0.2) is 4.79 Å². The Morgan fingerprint density at radius 3 is 2.50 bits per heavy atom. The van der Waals surface area contributed by atoms with Crippen LogP contribution in [0.4, 0.5) is 5.69 Å². The van der Waals surface area contributed by atoms with Gasteiger partial charge in [0, 0.05) is 23.4 Å². The SMILES string of the molecule is CC1=CC[C@H](C(=O)N(c2cc(C(C)(C)C)sc2C(=O)O)[C@H]2CC[C@](O)(CO[C@@H]3CCOC3)CC2)CC1. The van der Waals surface area contributed by atoms with Crippen LogP contribution in [0.15, 0.2) is 17.7 Å². The van der Waals surface area contributed by atoms with Crippen LogP contribution in [-0.4, -0.2) is 59.7 Å². The molecule has 0 bridgehead atoms. The minimum absolute atomic E-state index is 0.00861. The molecule has 1 saturated heterocycles. The number of ether oxygens (including phenoxy) is 2. The van der Waals surface area contributed by atoms with Gasteiger partial charge in [0.15, 0.2) is 0 Å². The second-order valence-corrected chi connectivity index (χ2v) is 12.9. The highest BCUT2D eigenvalue weighted by Gasteiger charge is 2.41. The lowest BCUT2D eigenvalue weighted by atomic mass is 9.81. The number of anilines is 1. The Hall–Kier alpha value is -1.74. The maximum atomic E-state index is 14.0. The highest BCUT2D eigenvalue weighted by Crippen LogP contribution is 2.42. The van der Waals surface area contributed by atoms with E-state index in [1.165, 1.54) is 16.9 Å². The predicted octanol–water partition coefficient (Wildman–Crippen LogP) is 5.30. The van der Waals surface area contributed by atoms with Crippen molar-refractivity contribution in [1.82, 2.24) is 0 Å². The summed E-state index contributed by atoms with van der Waals surface area (Å²) in [6.07, 6.45) is 7.62. The summed E-state index contributed by atoms with van der Waals surface area (Å²) >= 11 is 1.27. The average Bonchev–Trinajstić information content (AvgIpc) is 3.50. The summed E-state index contributed by atoms with van der Waals surface area (Å²) in [5.74, 6) is -1.14. The van der Waals surface area contributed by atoms with Crippen LogP contribution in [0.1, 0.15) is 93.6 Å². The van der Waals surface area contributed by atoms with Crippen molar-refractivity contribution in [2.24, 2.45) is 5.92 Å². The molecule has 0 unspecified atom stereocenters. The Kier molecular flexibility index (Phi) is 8.29. The van der Waals surface area contributed by atoms with Crippen LogP contribution >= 0.6 is 11.3 Å². The Morgan fingerprint density at radius 2 is 1.94 bits per heavy atom. The largest absolute Gasteiger partial charge is 0.477 e. The number of carboxylic acids is 1. The van der Waals surface area contributed by atoms with Gasteiger partial charge in [-0.2, -0.15) is 0 Å². The first-order valence-electron chi connectivity index (χ1n) is 13.2. The highest BCUT2D eigenvalue weighted by molar-refractivity contribution is 7.14. The van der Waals surface area contributed by atoms with Crippen molar-refractivity contribution in [1.29, 1.82) is 0 Å². The van der Waals surface area contributed by atoms with Gasteiger partial charge in [-0.3, -0.25) is 4.79 Å². The normalized spacial score (nSPS) is 29.1. The third kappa shape index (κ3) is 6.21. The van der Waals surface area contributed by atoms with E-state index in [4.69, 9.17) is 9.47 Å². The number of hydrogen-bond acceptors (Lipinski definition) is 6. The molecule has 2 N–H and O–H groups in total. The molecular formula is C28H41NO6S. The quantitative estimate of drug-likeness (QED) is 0.475. The number of allylic oxidation sites excluding steroid dienone is 2. The summed E-state index contributed by atoms with van der Waals surface area (Å²) in [5.41, 5.74) is 0.668. The number of carbonyl (C=O) groups excluding carboxylic acids is 1. The van der Waals surface area contributed by atoms with E-state index in [1.54, 1.807) is 4.90 Å². The van der Waals surface area contributed by atoms with Gasteiger partial charge in [0.25, 0.3) is 0 Å². The number of amides is 1. The van der Waals surface area contributed by atoms with Crippen molar-refractivity contribution in [3.63, 3.8) is 0 Å². The van der Waals surface area contributed by atoms with E-state index in [0.717, 1.165) is 24.1 Å². The van der Waals surface area contributed by atoms with Crippen LogP contribution in [-0.2, 0) is 19.7 Å². The smallest absolute Gasteiger partial charge is 0.348 e.